The molecule has 154 valence electrons. The maximum atomic E-state index is 13.1. The Morgan fingerprint density at radius 1 is 1.14 bits per heavy atom. The molecule has 4 rings (SSSR count). The van der Waals surface area contributed by atoms with Gasteiger partial charge in [-0.05, 0) is 25.1 Å². The van der Waals surface area contributed by atoms with Gasteiger partial charge in [0, 0.05) is 38.9 Å². The smallest absolute Gasteiger partial charge is 0.244 e. The molecule has 1 aromatic carbocycles. The predicted octanol–water partition coefficient (Wildman–Crippen LogP) is 1.56. The summed E-state index contributed by atoms with van der Waals surface area (Å²) in [6.45, 7) is 6.95. The Bertz CT molecular complexity index is 856. The highest BCUT2D eigenvalue weighted by molar-refractivity contribution is 5.98. The van der Waals surface area contributed by atoms with Crippen molar-refractivity contribution in [3.8, 4) is 5.75 Å². The Hall–Kier alpha value is -2.71. The highest BCUT2D eigenvalue weighted by Gasteiger charge is 2.33. The number of aromatic nitrogens is 2. The number of rotatable bonds is 5. The monoisotopic (exact) mass is 397 g/mol. The summed E-state index contributed by atoms with van der Waals surface area (Å²) in [7, 11) is 1.63. The zero-order chi connectivity index (χ0) is 20.2. The molecule has 2 aromatic rings. The number of hydrogen-bond acceptors (Lipinski definition) is 7. The number of carbonyl (C=O) groups excluding carboxylic acids is 1. The number of hydrogen-bond donors (Lipinski definition) is 0. The van der Waals surface area contributed by atoms with Crippen molar-refractivity contribution in [2.45, 2.75) is 19.5 Å². The van der Waals surface area contributed by atoms with E-state index in [-0.39, 0.29) is 11.9 Å². The topological polar surface area (TPSA) is 71.0 Å². The molecule has 2 aliphatic rings. The van der Waals surface area contributed by atoms with E-state index in [1.165, 1.54) is 0 Å². The van der Waals surface area contributed by atoms with Crippen molar-refractivity contribution in [2.75, 3.05) is 56.3 Å². The molecule has 0 spiro atoms. The van der Waals surface area contributed by atoms with Crippen LogP contribution < -0.4 is 14.5 Å². The quantitative estimate of drug-likeness (QED) is 0.758. The Kier molecular flexibility index (Phi) is 5.92. The molecule has 3 heterocycles. The van der Waals surface area contributed by atoms with Gasteiger partial charge in [-0.15, -0.1) is 0 Å². The third kappa shape index (κ3) is 4.18. The minimum absolute atomic E-state index is 0.0724. The molecule has 8 heteroatoms. The van der Waals surface area contributed by atoms with Crippen molar-refractivity contribution in [1.29, 1.82) is 0 Å². The van der Waals surface area contributed by atoms with Gasteiger partial charge in [-0.2, -0.15) is 0 Å². The number of anilines is 2. The van der Waals surface area contributed by atoms with Crippen LogP contribution in [0.5, 0.6) is 5.75 Å². The summed E-state index contributed by atoms with van der Waals surface area (Å²) in [6, 6.07) is 9.33. The Labute approximate surface area is 171 Å². The van der Waals surface area contributed by atoms with E-state index in [4.69, 9.17) is 14.5 Å². The average molecular weight is 397 g/mol. The van der Waals surface area contributed by atoms with Gasteiger partial charge in [-0.1, -0.05) is 12.1 Å². The normalized spacial score (nSPS) is 20.8. The van der Waals surface area contributed by atoms with Crippen LogP contribution in [0.3, 0.4) is 0 Å². The van der Waals surface area contributed by atoms with Crippen LogP contribution in [-0.4, -0.2) is 73.3 Å². The van der Waals surface area contributed by atoms with E-state index in [0.717, 1.165) is 37.0 Å². The number of nitrogens with zero attached hydrogens (tertiary/aromatic N) is 5. The Morgan fingerprint density at radius 2 is 1.93 bits per heavy atom. The second-order valence-electron chi connectivity index (χ2n) is 7.26. The standard InChI is InChI=1S/C21H27N5O3/c1-16-20(27)26(18-5-3-4-6-19(18)28-2)10-9-25(16)15-17-7-8-22-21(23-17)24-11-13-29-14-12-24/h3-8,16H,9-15H2,1-2H3/t16-/m0/s1. The number of carbonyl (C=O) groups is 1. The van der Waals surface area contributed by atoms with E-state index in [9.17, 15) is 4.79 Å². The number of amides is 1. The largest absolute Gasteiger partial charge is 0.495 e. The van der Waals surface area contributed by atoms with Crippen molar-refractivity contribution in [2.24, 2.45) is 0 Å². The first-order chi connectivity index (χ1) is 14.2. The molecule has 1 atom stereocenters. The van der Waals surface area contributed by atoms with Gasteiger partial charge in [0.15, 0.2) is 0 Å². The average Bonchev–Trinajstić information content (AvgIpc) is 2.78. The van der Waals surface area contributed by atoms with E-state index in [1.54, 1.807) is 13.3 Å². The first-order valence-corrected chi connectivity index (χ1v) is 10.0. The van der Waals surface area contributed by atoms with Gasteiger partial charge in [0.1, 0.15) is 5.75 Å². The first-order valence-electron chi connectivity index (χ1n) is 10.0. The predicted molar refractivity (Wildman–Crippen MR) is 110 cm³/mol. The molecule has 1 aromatic heterocycles. The van der Waals surface area contributed by atoms with Crippen molar-refractivity contribution in [1.82, 2.24) is 14.9 Å². The van der Waals surface area contributed by atoms with Gasteiger partial charge in [-0.3, -0.25) is 9.69 Å². The highest BCUT2D eigenvalue weighted by atomic mass is 16.5. The van der Waals surface area contributed by atoms with Crippen LogP contribution in [-0.2, 0) is 16.1 Å². The second kappa shape index (κ2) is 8.75. The number of piperazine rings is 1. The summed E-state index contributed by atoms with van der Waals surface area (Å²) < 4.78 is 10.8. The van der Waals surface area contributed by atoms with E-state index < -0.39 is 0 Å². The molecule has 1 amide bonds. The van der Waals surface area contributed by atoms with Crippen LogP contribution in [0.15, 0.2) is 36.5 Å². The maximum Gasteiger partial charge on any atom is 0.244 e. The van der Waals surface area contributed by atoms with Crippen LogP contribution in [0.1, 0.15) is 12.6 Å². The van der Waals surface area contributed by atoms with Crippen LogP contribution in [0.4, 0.5) is 11.6 Å². The van der Waals surface area contributed by atoms with Crippen LogP contribution in [0.25, 0.3) is 0 Å². The van der Waals surface area contributed by atoms with Gasteiger partial charge in [0.05, 0.1) is 37.7 Å². The number of para-hydroxylation sites is 2. The van der Waals surface area contributed by atoms with Gasteiger partial charge < -0.3 is 19.3 Å². The second-order valence-corrected chi connectivity index (χ2v) is 7.26. The van der Waals surface area contributed by atoms with Crippen LogP contribution in [0, 0.1) is 0 Å². The van der Waals surface area contributed by atoms with E-state index >= 15 is 0 Å². The molecule has 8 nitrogen and oxygen atoms in total. The minimum Gasteiger partial charge on any atom is -0.495 e. The van der Waals surface area contributed by atoms with Crippen molar-refractivity contribution in [3.63, 3.8) is 0 Å². The van der Waals surface area contributed by atoms with Gasteiger partial charge in [0.25, 0.3) is 0 Å². The molecule has 0 N–H and O–H groups in total. The fourth-order valence-corrected chi connectivity index (χ4v) is 3.82. The summed E-state index contributed by atoms with van der Waals surface area (Å²) in [5.74, 6) is 1.52. The molecule has 2 saturated heterocycles. The number of ether oxygens (including phenoxy) is 2. The molecule has 0 bridgehead atoms. The lowest BCUT2D eigenvalue weighted by Crippen LogP contribution is -2.55. The third-order valence-electron chi connectivity index (χ3n) is 5.52. The first kappa shape index (κ1) is 19.6. The number of morpholine rings is 1. The zero-order valence-electron chi connectivity index (χ0n) is 17.0. The van der Waals surface area contributed by atoms with E-state index in [2.05, 4.69) is 14.8 Å². The molecule has 2 fully saturated rings. The van der Waals surface area contributed by atoms with Crippen LogP contribution >= 0.6 is 0 Å². The zero-order valence-corrected chi connectivity index (χ0v) is 17.0. The van der Waals surface area contributed by atoms with Crippen molar-refractivity contribution >= 4 is 17.5 Å². The van der Waals surface area contributed by atoms with Gasteiger partial charge in [0.2, 0.25) is 11.9 Å². The van der Waals surface area contributed by atoms with E-state index in [0.29, 0.717) is 32.1 Å². The fourth-order valence-electron chi connectivity index (χ4n) is 3.82. The minimum atomic E-state index is -0.240. The molecule has 0 radical (unpaired) electrons. The summed E-state index contributed by atoms with van der Waals surface area (Å²) in [5.41, 5.74) is 1.75. The summed E-state index contributed by atoms with van der Waals surface area (Å²) in [5, 5.41) is 0. The van der Waals surface area contributed by atoms with Gasteiger partial charge >= 0.3 is 0 Å². The SMILES string of the molecule is COc1ccccc1N1CCN(Cc2ccnc(N3CCOCC3)n2)[C@@H](C)C1=O. The number of methoxy groups -OCH3 is 1. The lowest BCUT2D eigenvalue weighted by molar-refractivity contribution is -0.125. The maximum absolute atomic E-state index is 13.1. The van der Waals surface area contributed by atoms with Gasteiger partial charge in [-0.25, -0.2) is 9.97 Å². The molecule has 0 saturated carbocycles. The van der Waals surface area contributed by atoms with Crippen LogP contribution in [0.2, 0.25) is 0 Å². The Balaban J connectivity index is 1.45. The highest BCUT2D eigenvalue weighted by Crippen LogP contribution is 2.30. The molecule has 2 aliphatic heterocycles. The molecule has 0 unspecified atom stereocenters. The summed E-state index contributed by atoms with van der Waals surface area (Å²) in [4.78, 5) is 28.3. The van der Waals surface area contributed by atoms with Crippen molar-refractivity contribution < 1.29 is 14.3 Å². The third-order valence-corrected chi connectivity index (χ3v) is 5.52. The number of benzene rings is 1. The lowest BCUT2D eigenvalue weighted by Gasteiger charge is -2.39. The molecular weight excluding hydrogens is 370 g/mol. The molecule has 0 aliphatic carbocycles. The summed E-state index contributed by atoms with van der Waals surface area (Å²) in [6.07, 6.45) is 1.80. The van der Waals surface area contributed by atoms with Crippen molar-refractivity contribution in [3.05, 3.63) is 42.2 Å². The Morgan fingerprint density at radius 3 is 2.72 bits per heavy atom. The molecular formula is C21H27N5O3. The summed E-state index contributed by atoms with van der Waals surface area (Å²) >= 11 is 0. The van der Waals surface area contributed by atoms with E-state index in [1.807, 2.05) is 42.2 Å². The fraction of sp³-hybridized carbons (Fsp3) is 0.476. The lowest BCUT2D eigenvalue weighted by atomic mass is 10.1. The molecule has 29 heavy (non-hydrogen) atoms.